The summed E-state index contributed by atoms with van der Waals surface area (Å²) in [6.07, 6.45) is 2.64. The van der Waals surface area contributed by atoms with Crippen LogP contribution in [0.25, 0.3) is 0 Å². The van der Waals surface area contributed by atoms with Gasteiger partial charge in [0.05, 0.1) is 11.1 Å². The number of unbranched alkanes of at least 4 members (excludes halogenated alkanes) is 1. The Hall–Kier alpha value is -2.75. The highest BCUT2D eigenvalue weighted by atomic mass is 16.2. The number of carbonyl (C=O) groups excluding carboxylic acids is 3. The molecular formula is C23H27NO3. The number of benzene rings is 2. The fraction of sp³-hybridized carbons (Fsp3) is 0.348. The molecule has 4 heteroatoms. The number of hydrogen-bond acceptors (Lipinski definition) is 3. The van der Waals surface area contributed by atoms with Crippen molar-refractivity contribution < 1.29 is 14.4 Å². The van der Waals surface area contributed by atoms with E-state index >= 15 is 0 Å². The van der Waals surface area contributed by atoms with Gasteiger partial charge in [-0.2, -0.15) is 0 Å². The fourth-order valence-electron chi connectivity index (χ4n) is 3.01. The maximum atomic E-state index is 13.0. The fourth-order valence-corrected chi connectivity index (χ4v) is 3.01. The van der Waals surface area contributed by atoms with Crippen LogP contribution in [-0.4, -0.2) is 17.6 Å². The van der Waals surface area contributed by atoms with E-state index in [1.54, 1.807) is 6.07 Å². The second-order valence-electron chi connectivity index (χ2n) is 7.01. The maximum absolute atomic E-state index is 13.0. The van der Waals surface area contributed by atoms with E-state index in [9.17, 15) is 14.4 Å². The van der Waals surface area contributed by atoms with Gasteiger partial charge in [-0.15, -0.1) is 0 Å². The number of carbonyl (C=O) groups is 3. The normalized spacial score (nSPS) is 12.2. The van der Waals surface area contributed by atoms with Crippen LogP contribution in [0.15, 0.2) is 24.3 Å². The van der Waals surface area contributed by atoms with Crippen LogP contribution in [-0.2, 0) is 0 Å². The largest absolute Gasteiger partial charge is 0.289 e. The Balaban J connectivity index is 0.000000596. The molecule has 3 rings (SSSR count). The SMILES string of the molecule is CCCC.Cc1cc(C)c(C)c(C(=O)c2ccc3c(c2)C(=O)NC3=O)c1C. The predicted molar refractivity (Wildman–Crippen MR) is 108 cm³/mol. The molecular weight excluding hydrogens is 338 g/mol. The van der Waals surface area contributed by atoms with E-state index in [-0.39, 0.29) is 11.3 Å². The molecule has 1 N–H and O–H groups in total. The van der Waals surface area contributed by atoms with Gasteiger partial charge in [0.25, 0.3) is 11.8 Å². The number of aryl methyl sites for hydroxylation is 2. The molecule has 0 radical (unpaired) electrons. The molecule has 1 aliphatic heterocycles. The summed E-state index contributed by atoms with van der Waals surface area (Å²) in [6, 6.07) is 6.72. The topological polar surface area (TPSA) is 63.2 Å². The van der Waals surface area contributed by atoms with Crippen LogP contribution in [0, 0.1) is 27.7 Å². The van der Waals surface area contributed by atoms with Gasteiger partial charge < -0.3 is 0 Å². The summed E-state index contributed by atoms with van der Waals surface area (Å²) in [4.78, 5) is 36.4. The van der Waals surface area contributed by atoms with Crippen molar-refractivity contribution in [2.75, 3.05) is 0 Å². The molecule has 0 spiro atoms. The smallest absolute Gasteiger partial charge is 0.258 e. The van der Waals surface area contributed by atoms with E-state index in [2.05, 4.69) is 25.2 Å². The first-order chi connectivity index (χ1) is 12.7. The average molecular weight is 365 g/mol. The molecule has 4 nitrogen and oxygen atoms in total. The lowest BCUT2D eigenvalue weighted by Crippen LogP contribution is -2.19. The van der Waals surface area contributed by atoms with E-state index in [0.717, 1.165) is 22.3 Å². The summed E-state index contributed by atoms with van der Waals surface area (Å²) in [7, 11) is 0. The Morgan fingerprint density at radius 2 is 1.33 bits per heavy atom. The van der Waals surface area contributed by atoms with Crippen LogP contribution in [0.1, 0.15) is 85.6 Å². The van der Waals surface area contributed by atoms with E-state index in [4.69, 9.17) is 0 Å². The second kappa shape index (κ2) is 8.30. The Morgan fingerprint density at radius 3 is 1.85 bits per heavy atom. The van der Waals surface area contributed by atoms with Crippen molar-refractivity contribution in [2.45, 2.75) is 54.4 Å². The van der Waals surface area contributed by atoms with Gasteiger partial charge in [0.15, 0.2) is 5.78 Å². The molecule has 1 heterocycles. The molecule has 0 saturated heterocycles. The second-order valence-corrected chi connectivity index (χ2v) is 7.01. The number of imide groups is 1. The maximum Gasteiger partial charge on any atom is 0.258 e. The third-order valence-electron chi connectivity index (χ3n) is 5.09. The van der Waals surface area contributed by atoms with Gasteiger partial charge in [-0.3, -0.25) is 19.7 Å². The van der Waals surface area contributed by atoms with Gasteiger partial charge in [0.1, 0.15) is 0 Å². The van der Waals surface area contributed by atoms with Crippen LogP contribution in [0.4, 0.5) is 0 Å². The van der Waals surface area contributed by atoms with E-state index in [1.165, 1.54) is 25.0 Å². The zero-order chi connectivity index (χ0) is 20.3. The third-order valence-corrected chi connectivity index (χ3v) is 5.09. The van der Waals surface area contributed by atoms with Crippen molar-refractivity contribution in [2.24, 2.45) is 0 Å². The number of rotatable bonds is 3. The zero-order valence-corrected chi connectivity index (χ0v) is 16.9. The molecule has 0 aromatic heterocycles. The number of amides is 2. The summed E-state index contributed by atoms with van der Waals surface area (Å²) in [5.41, 5.74) is 5.69. The lowest BCUT2D eigenvalue weighted by atomic mass is 9.88. The molecule has 0 fully saturated rings. The van der Waals surface area contributed by atoms with Gasteiger partial charge in [-0.1, -0.05) is 38.8 Å². The lowest BCUT2D eigenvalue weighted by Gasteiger charge is -2.14. The molecule has 2 amide bonds. The molecule has 2 aromatic carbocycles. The standard InChI is InChI=1S/C19H17NO3.C4H10/c1-9-7-10(2)12(4)16(11(9)3)17(21)13-5-6-14-15(8-13)19(23)20-18(14)22;1-3-4-2/h5-8H,1-4H3,(H,20,22,23);3-4H2,1-2H3. The third kappa shape index (κ3) is 4.00. The van der Waals surface area contributed by atoms with Gasteiger partial charge in [0.2, 0.25) is 0 Å². The first kappa shape index (κ1) is 20.6. The molecule has 0 saturated carbocycles. The Morgan fingerprint density at radius 1 is 0.815 bits per heavy atom. The summed E-state index contributed by atoms with van der Waals surface area (Å²) in [5, 5.41) is 2.24. The minimum absolute atomic E-state index is 0.123. The number of fused-ring (bicyclic) bond motifs is 1. The minimum Gasteiger partial charge on any atom is -0.289 e. The van der Waals surface area contributed by atoms with Crippen molar-refractivity contribution >= 4 is 17.6 Å². The van der Waals surface area contributed by atoms with Crippen LogP contribution >= 0.6 is 0 Å². The molecule has 27 heavy (non-hydrogen) atoms. The van der Waals surface area contributed by atoms with Gasteiger partial charge >= 0.3 is 0 Å². The van der Waals surface area contributed by atoms with E-state index in [0.29, 0.717) is 16.7 Å². The van der Waals surface area contributed by atoms with Crippen molar-refractivity contribution in [1.29, 1.82) is 0 Å². The van der Waals surface area contributed by atoms with Crippen molar-refractivity contribution in [3.63, 3.8) is 0 Å². The molecule has 0 unspecified atom stereocenters. The van der Waals surface area contributed by atoms with Gasteiger partial charge in [-0.05, 0) is 62.1 Å². The highest BCUT2D eigenvalue weighted by molar-refractivity contribution is 6.22. The van der Waals surface area contributed by atoms with Gasteiger partial charge in [0, 0.05) is 11.1 Å². The minimum atomic E-state index is -0.450. The van der Waals surface area contributed by atoms with Crippen LogP contribution < -0.4 is 5.32 Å². The quantitative estimate of drug-likeness (QED) is 0.625. The van der Waals surface area contributed by atoms with Gasteiger partial charge in [-0.25, -0.2) is 0 Å². The molecule has 1 aliphatic rings. The summed E-state index contributed by atoms with van der Waals surface area (Å²) in [6.45, 7) is 12.2. The Labute approximate surface area is 161 Å². The molecule has 0 atom stereocenters. The highest BCUT2D eigenvalue weighted by Crippen LogP contribution is 2.26. The molecule has 2 aromatic rings. The van der Waals surface area contributed by atoms with Crippen molar-refractivity contribution in [1.82, 2.24) is 5.32 Å². The summed E-state index contributed by atoms with van der Waals surface area (Å²) < 4.78 is 0. The molecule has 0 bridgehead atoms. The molecule has 142 valence electrons. The van der Waals surface area contributed by atoms with E-state index < -0.39 is 11.8 Å². The highest BCUT2D eigenvalue weighted by Gasteiger charge is 2.28. The van der Waals surface area contributed by atoms with Crippen LogP contribution in [0.5, 0.6) is 0 Å². The van der Waals surface area contributed by atoms with Crippen LogP contribution in [0.2, 0.25) is 0 Å². The lowest BCUT2D eigenvalue weighted by molar-refractivity contribution is 0.0879. The Kier molecular flexibility index (Phi) is 6.32. The van der Waals surface area contributed by atoms with E-state index in [1.807, 2.05) is 27.7 Å². The van der Waals surface area contributed by atoms with Crippen molar-refractivity contribution in [3.8, 4) is 0 Å². The summed E-state index contributed by atoms with van der Waals surface area (Å²) >= 11 is 0. The monoisotopic (exact) mass is 365 g/mol. The van der Waals surface area contributed by atoms with Crippen LogP contribution in [0.3, 0.4) is 0 Å². The first-order valence-electron chi connectivity index (χ1n) is 9.34. The number of nitrogens with one attached hydrogen (secondary N) is 1. The summed E-state index contributed by atoms with van der Waals surface area (Å²) in [5.74, 6) is -0.988. The first-order valence-corrected chi connectivity index (χ1v) is 9.34. The average Bonchev–Trinajstić information content (AvgIpc) is 2.94. The Bertz CT molecular complexity index is 897. The number of ketones is 1. The van der Waals surface area contributed by atoms with Crippen molar-refractivity contribution in [3.05, 3.63) is 68.8 Å². The zero-order valence-electron chi connectivity index (χ0n) is 16.9. The number of hydrogen-bond donors (Lipinski definition) is 1. The molecule has 0 aliphatic carbocycles. The predicted octanol–water partition coefficient (Wildman–Crippen LogP) is 4.84.